The summed E-state index contributed by atoms with van der Waals surface area (Å²) in [6, 6.07) is 8.10. The van der Waals surface area contributed by atoms with Crippen LogP contribution < -0.4 is 4.74 Å². The van der Waals surface area contributed by atoms with E-state index in [0.29, 0.717) is 0 Å². The molecule has 0 spiro atoms. The zero-order chi connectivity index (χ0) is 16.2. The van der Waals surface area contributed by atoms with E-state index in [9.17, 15) is 4.21 Å². The topological polar surface area (TPSA) is 44.8 Å². The van der Waals surface area contributed by atoms with Crippen LogP contribution >= 0.6 is 11.9 Å². The summed E-state index contributed by atoms with van der Waals surface area (Å²) in [7, 11) is 0. The Labute approximate surface area is 140 Å². The highest BCUT2D eigenvalue weighted by Gasteiger charge is 2.30. The molecule has 1 aliphatic rings. The second-order valence-electron chi connectivity index (χ2n) is 6.62. The minimum absolute atomic E-state index is 0.115. The first-order valence-electron chi connectivity index (χ1n) is 7.55. The van der Waals surface area contributed by atoms with E-state index in [0.717, 1.165) is 31.4 Å². The number of halogens is 1. The van der Waals surface area contributed by atoms with Crippen LogP contribution in [-0.4, -0.2) is 16.4 Å². The van der Waals surface area contributed by atoms with Gasteiger partial charge in [0, 0.05) is 0 Å². The zero-order valence-electron chi connectivity index (χ0n) is 13.2. The molecule has 1 fully saturated rings. The molecule has 1 aliphatic carbocycles. The van der Waals surface area contributed by atoms with Gasteiger partial charge >= 0.3 is 11.4 Å². The third-order valence-corrected chi connectivity index (χ3v) is 4.72. The third-order valence-electron chi connectivity index (χ3n) is 3.90. The normalized spacial score (nSPS) is 24.0. The fourth-order valence-electron chi connectivity index (χ4n) is 2.63. The quantitative estimate of drug-likeness (QED) is 0.790. The van der Waals surface area contributed by atoms with E-state index in [1.54, 1.807) is 0 Å². The molecule has 0 N–H and O–H groups in total. The van der Waals surface area contributed by atoms with Gasteiger partial charge in [-0.3, -0.25) is 4.18 Å². The molecule has 0 bridgehead atoms. The van der Waals surface area contributed by atoms with Gasteiger partial charge < -0.3 is 4.74 Å². The van der Waals surface area contributed by atoms with Crippen LogP contribution in [-0.2, 0) is 24.7 Å². The molecule has 0 heterocycles. The van der Waals surface area contributed by atoms with E-state index < -0.39 is 11.4 Å². The van der Waals surface area contributed by atoms with Crippen molar-refractivity contribution in [1.29, 1.82) is 0 Å². The van der Waals surface area contributed by atoms with Gasteiger partial charge in [-0.1, -0.05) is 39.3 Å². The summed E-state index contributed by atoms with van der Waals surface area (Å²) in [4.78, 5) is 0. The molecule has 22 heavy (non-hydrogen) atoms. The van der Waals surface area contributed by atoms with Crippen molar-refractivity contribution in [2.75, 3.05) is 0 Å². The molecular weight excluding hydrogens is 324 g/mol. The molecule has 1 aromatic carbocycles. The number of rotatable bonds is 5. The molecule has 0 radical (unpaired) electrons. The predicted molar refractivity (Wildman–Crippen MR) is 88.0 cm³/mol. The van der Waals surface area contributed by atoms with Crippen LogP contribution in [0.15, 0.2) is 24.3 Å². The number of hydrogen-bond donors (Lipinski definition) is 0. The van der Waals surface area contributed by atoms with Crippen molar-refractivity contribution in [2.45, 2.75) is 64.1 Å². The lowest BCUT2D eigenvalue weighted by Gasteiger charge is -2.30. The summed E-state index contributed by atoms with van der Waals surface area (Å²) in [5.41, 5.74) is 1.37. The minimum atomic E-state index is -1.93. The average molecular weight is 347 g/mol. The molecule has 1 aromatic rings. The maximum absolute atomic E-state index is 11.3. The number of hydrogen-bond acceptors (Lipinski definition) is 4. The summed E-state index contributed by atoms with van der Waals surface area (Å²) in [5.74, 6) is 0.797. The Morgan fingerprint density at radius 1 is 1.09 bits per heavy atom. The van der Waals surface area contributed by atoms with Crippen molar-refractivity contribution >= 4 is 23.2 Å². The van der Waals surface area contributed by atoms with E-state index in [-0.39, 0.29) is 17.6 Å². The standard InChI is InChI=1S/C16H23ClO4S/c1-16(2,3)12-8-10-13(11-9-12)19-14-6-4-5-7-15(14)20-22(18)21-17/h8-11,14-15H,4-7H2,1-3H3. The van der Waals surface area contributed by atoms with Crippen molar-refractivity contribution in [3.63, 3.8) is 0 Å². The van der Waals surface area contributed by atoms with Crippen LogP contribution in [0.3, 0.4) is 0 Å². The molecule has 4 nitrogen and oxygen atoms in total. The number of benzene rings is 1. The highest BCUT2D eigenvalue weighted by Crippen LogP contribution is 2.29. The van der Waals surface area contributed by atoms with Crippen LogP contribution in [0.2, 0.25) is 0 Å². The molecule has 0 amide bonds. The largest absolute Gasteiger partial charge is 0.488 e. The molecule has 2 rings (SSSR count). The lowest BCUT2D eigenvalue weighted by Crippen LogP contribution is -2.37. The van der Waals surface area contributed by atoms with Gasteiger partial charge in [-0.15, -0.1) is 0 Å². The van der Waals surface area contributed by atoms with Gasteiger partial charge in [-0.2, -0.15) is 7.94 Å². The van der Waals surface area contributed by atoms with Crippen molar-refractivity contribution < 1.29 is 16.9 Å². The first-order valence-corrected chi connectivity index (χ1v) is 8.86. The average Bonchev–Trinajstić information content (AvgIpc) is 2.49. The third kappa shape index (κ3) is 4.95. The lowest BCUT2D eigenvalue weighted by molar-refractivity contribution is 0.0270. The molecular formula is C16H23ClO4S. The van der Waals surface area contributed by atoms with Gasteiger partial charge in [0.05, 0.1) is 11.9 Å². The van der Waals surface area contributed by atoms with Crippen LogP contribution in [0, 0.1) is 0 Å². The van der Waals surface area contributed by atoms with Gasteiger partial charge in [0.1, 0.15) is 18.0 Å². The lowest BCUT2D eigenvalue weighted by atomic mass is 9.87. The Morgan fingerprint density at radius 2 is 1.68 bits per heavy atom. The molecule has 3 atom stereocenters. The molecule has 3 unspecified atom stereocenters. The van der Waals surface area contributed by atoms with E-state index in [4.69, 9.17) is 20.8 Å². The van der Waals surface area contributed by atoms with E-state index in [1.807, 2.05) is 12.1 Å². The van der Waals surface area contributed by atoms with E-state index >= 15 is 0 Å². The smallest absolute Gasteiger partial charge is 0.322 e. The fraction of sp³-hybridized carbons (Fsp3) is 0.625. The Balaban J connectivity index is 2.02. The Kier molecular flexibility index (Phi) is 6.26. The second-order valence-corrected chi connectivity index (χ2v) is 7.72. The summed E-state index contributed by atoms with van der Waals surface area (Å²) in [6.45, 7) is 6.53. The molecule has 0 aliphatic heterocycles. The van der Waals surface area contributed by atoms with E-state index in [2.05, 4.69) is 36.6 Å². The van der Waals surface area contributed by atoms with Crippen molar-refractivity contribution in [3.05, 3.63) is 29.8 Å². The Hall–Kier alpha value is -0.620. The zero-order valence-corrected chi connectivity index (χ0v) is 14.8. The summed E-state index contributed by atoms with van der Waals surface area (Å²) in [6.07, 6.45) is 3.34. The summed E-state index contributed by atoms with van der Waals surface area (Å²) < 4.78 is 26.8. The maximum atomic E-state index is 11.3. The molecule has 124 valence electrons. The Morgan fingerprint density at radius 3 is 2.23 bits per heavy atom. The fourth-order valence-corrected chi connectivity index (χ4v) is 3.17. The molecule has 6 heteroatoms. The maximum Gasteiger partial charge on any atom is 0.322 e. The summed E-state index contributed by atoms with van der Waals surface area (Å²) >= 11 is 3.14. The molecule has 1 saturated carbocycles. The second kappa shape index (κ2) is 7.77. The van der Waals surface area contributed by atoms with Crippen molar-refractivity contribution in [3.8, 4) is 5.75 Å². The monoisotopic (exact) mass is 346 g/mol. The predicted octanol–water partition coefficient (Wildman–Crippen LogP) is 4.44. The van der Waals surface area contributed by atoms with Crippen molar-refractivity contribution in [1.82, 2.24) is 0 Å². The molecule has 0 aromatic heterocycles. The van der Waals surface area contributed by atoms with Crippen molar-refractivity contribution in [2.24, 2.45) is 0 Å². The van der Waals surface area contributed by atoms with Gasteiger partial charge in [-0.25, -0.2) is 0 Å². The van der Waals surface area contributed by atoms with Crippen LogP contribution in [0.25, 0.3) is 0 Å². The molecule has 0 saturated heterocycles. The van der Waals surface area contributed by atoms with Gasteiger partial charge in [0.2, 0.25) is 0 Å². The highest BCUT2D eigenvalue weighted by molar-refractivity contribution is 7.75. The van der Waals surface area contributed by atoms with Gasteiger partial charge in [0.25, 0.3) is 0 Å². The first-order chi connectivity index (χ1) is 10.4. The van der Waals surface area contributed by atoms with Crippen LogP contribution in [0.1, 0.15) is 52.0 Å². The van der Waals surface area contributed by atoms with E-state index in [1.165, 1.54) is 5.56 Å². The first kappa shape index (κ1) is 17.7. The SMILES string of the molecule is CC(C)(C)c1ccc(OC2CCCCC2OS(=O)OCl)cc1. The summed E-state index contributed by atoms with van der Waals surface area (Å²) in [5, 5.41) is 0. The van der Waals surface area contributed by atoms with Gasteiger partial charge in [0.15, 0.2) is 0 Å². The minimum Gasteiger partial charge on any atom is -0.488 e. The Bertz CT molecular complexity index is 498. The van der Waals surface area contributed by atoms with Crippen LogP contribution in [0.5, 0.6) is 5.75 Å². The number of ether oxygens (including phenoxy) is 1. The van der Waals surface area contributed by atoms with Gasteiger partial charge in [-0.05, 0) is 42.4 Å². The highest BCUT2D eigenvalue weighted by atomic mass is 35.5. The van der Waals surface area contributed by atoms with Crippen LogP contribution in [0.4, 0.5) is 0 Å².